The maximum atomic E-state index is 5.11. The van der Waals surface area contributed by atoms with Crippen LogP contribution < -0.4 is 0 Å². The van der Waals surface area contributed by atoms with Gasteiger partial charge in [0.05, 0.1) is 0 Å². The fraction of sp³-hybridized carbons (Fsp3) is 1.00. The van der Waals surface area contributed by atoms with Crippen molar-refractivity contribution in [3.8, 4) is 0 Å². The Kier molecular flexibility index (Phi) is 10.6. The first-order chi connectivity index (χ1) is 8.14. The van der Waals surface area contributed by atoms with Crippen molar-refractivity contribution in [3.63, 3.8) is 0 Å². The van der Waals surface area contributed by atoms with Gasteiger partial charge in [-0.25, -0.2) is 0 Å². The summed E-state index contributed by atoms with van der Waals surface area (Å²) in [5, 5.41) is 1.12. The molecule has 0 N–H and O–H groups in total. The molecule has 0 bridgehead atoms. The molecule has 0 aromatic rings. The van der Waals surface area contributed by atoms with Crippen LogP contribution in [0.2, 0.25) is 0 Å². The molecule has 0 heterocycles. The molecule has 0 aromatic heterocycles. The summed E-state index contributed by atoms with van der Waals surface area (Å²) < 4.78 is 5.11. The van der Waals surface area contributed by atoms with Gasteiger partial charge in [0, 0.05) is 32.1 Å². The summed E-state index contributed by atoms with van der Waals surface area (Å²) in [5.74, 6) is 0. The SMILES string of the molecule is CCCC(CBr)(CCC)CN(C)CCCOC. The van der Waals surface area contributed by atoms with Crippen LogP contribution in [0.4, 0.5) is 0 Å². The van der Waals surface area contributed by atoms with E-state index < -0.39 is 0 Å². The van der Waals surface area contributed by atoms with Gasteiger partial charge in [0.25, 0.3) is 0 Å². The first kappa shape index (κ1) is 17.4. The second-order valence-electron chi connectivity index (χ2n) is 5.22. The normalized spacial score (nSPS) is 12.4. The van der Waals surface area contributed by atoms with Crippen molar-refractivity contribution < 1.29 is 4.74 Å². The van der Waals surface area contributed by atoms with Crippen molar-refractivity contribution in [2.45, 2.75) is 46.0 Å². The van der Waals surface area contributed by atoms with Crippen molar-refractivity contribution >= 4 is 15.9 Å². The highest BCUT2D eigenvalue weighted by atomic mass is 79.9. The molecule has 2 nitrogen and oxygen atoms in total. The molecule has 0 saturated heterocycles. The van der Waals surface area contributed by atoms with Crippen LogP contribution in [0.25, 0.3) is 0 Å². The lowest BCUT2D eigenvalue weighted by Crippen LogP contribution is -2.37. The Morgan fingerprint density at radius 3 is 2.18 bits per heavy atom. The molecular weight excluding hydrogens is 278 g/mol. The van der Waals surface area contributed by atoms with Gasteiger partial charge in [0.15, 0.2) is 0 Å². The van der Waals surface area contributed by atoms with E-state index in [2.05, 4.69) is 41.7 Å². The Morgan fingerprint density at radius 2 is 1.76 bits per heavy atom. The number of alkyl halides is 1. The van der Waals surface area contributed by atoms with Crippen molar-refractivity contribution in [1.82, 2.24) is 4.90 Å². The van der Waals surface area contributed by atoms with E-state index in [1.807, 2.05) is 0 Å². The predicted molar refractivity (Wildman–Crippen MR) is 80.0 cm³/mol. The van der Waals surface area contributed by atoms with E-state index in [0.29, 0.717) is 5.41 Å². The molecule has 0 rings (SSSR count). The largest absolute Gasteiger partial charge is 0.385 e. The third-order valence-corrected chi connectivity index (χ3v) is 4.53. The summed E-state index contributed by atoms with van der Waals surface area (Å²) in [4.78, 5) is 2.46. The van der Waals surface area contributed by atoms with Gasteiger partial charge >= 0.3 is 0 Å². The average Bonchev–Trinajstić information content (AvgIpc) is 2.30. The number of hydrogen-bond donors (Lipinski definition) is 0. The highest BCUT2D eigenvalue weighted by molar-refractivity contribution is 9.09. The van der Waals surface area contributed by atoms with E-state index in [4.69, 9.17) is 4.74 Å². The lowest BCUT2D eigenvalue weighted by molar-refractivity contribution is 0.145. The third kappa shape index (κ3) is 7.43. The second kappa shape index (κ2) is 10.3. The molecule has 0 saturated carbocycles. The van der Waals surface area contributed by atoms with Crippen molar-refractivity contribution in [2.24, 2.45) is 5.41 Å². The minimum Gasteiger partial charge on any atom is -0.385 e. The summed E-state index contributed by atoms with van der Waals surface area (Å²) in [7, 11) is 4.01. The Labute approximate surface area is 116 Å². The van der Waals surface area contributed by atoms with Crippen molar-refractivity contribution in [3.05, 3.63) is 0 Å². The predicted octanol–water partition coefficient (Wildman–Crippen LogP) is 3.94. The first-order valence-electron chi connectivity index (χ1n) is 6.87. The third-order valence-electron chi connectivity index (χ3n) is 3.34. The first-order valence-corrected chi connectivity index (χ1v) is 7.99. The molecule has 0 fully saturated rings. The van der Waals surface area contributed by atoms with Gasteiger partial charge < -0.3 is 9.64 Å². The summed E-state index contributed by atoms with van der Waals surface area (Å²) in [6.07, 6.45) is 6.32. The number of hydrogen-bond acceptors (Lipinski definition) is 2. The quantitative estimate of drug-likeness (QED) is 0.423. The maximum absolute atomic E-state index is 5.11. The summed E-state index contributed by atoms with van der Waals surface area (Å²) in [6, 6.07) is 0. The number of methoxy groups -OCH3 is 1. The molecule has 17 heavy (non-hydrogen) atoms. The summed E-state index contributed by atoms with van der Waals surface area (Å²) in [5.41, 5.74) is 0.464. The lowest BCUT2D eigenvalue weighted by Gasteiger charge is -2.36. The smallest absolute Gasteiger partial charge is 0.0474 e. The molecule has 3 heteroatoms. The topological polar surface area (TPSA) is 12.5 Å². The van der Waals surface area contributed by atoms with Crippen LogP contribution >= 0.6 is 15.9 Å². The number of nitrogens with zero attached hydrogens (tertiary/aromatic N) is 1. The van der Waals surface area contributed by atoms with Crippen LogP contribution in [0.3, 0.4) is 0 Å². The number of ether oxygens (including phenoxy) is 1. The highest BCUT2D eigenvalue weighted by Crippen LogP contribution is 2.32. The van der Waals surface area contributed by atoms with Gasteiger partial charge in [-0.05, 0) is 31.7 Å². The number of rotatable bonds is 11. The molecule has 0 aliphatic heterocycles. The zero-order valence-corrected chi connectivity index (χ0v) is 13.7. The monoisotopic (exact) mass is 307 g/mol. The van der Waals surface area contributed by atoms with Gasteiger partial charge in [-0.15, -0.1) is 0 Å². The second-order valence-corrected chi connectivity index (χ2v) is 5.78. The van der Waals surface area contributed by atoms with Gasteiger partial charge in [-0.1, -0.05) is 42.6 Å². The molecule has 0 aliphatic carbocycles. The van der Waals surface area contributed by atoms with Crippen LogP contribution in [-0.4, -0.2) is 44.1 Å². The van der Waals surface area contributed by atoms with Gasteiger partial charge in [0.2, 0.25) is 0 Å². The van der Waals surface area contributed by atoms with E-state index in [0.717, 1.165) is 24.9 Å². The molecule has 0 amide bonds. The molecule has 104 valence electrons. The zero-order valence-electron chi connectivity index (χ0n) is 12.1. The van der Waals surface area contributed by atoms with Crippen LogP contribution in [0.15, 0.2) is 0 Å². The highest BCUT2D eigenvalue weighted by Gasteiger charge is 2.28. The average molecular weight is 308 g/mol. The van der Waals surface area contributed by atoms with Gasteiger partial charge in [-0.2, -0.15) is 0 Å². The Morgan fingerprint density at radius 1 is 1.18 bits per heavy atom. The van der Waals surface area contributed by atoms with E-state index >= 15 is 0 Å². The summed E-state index contributed by atoms with van der Waals surface area (Å²) >= 11 is 3.73. The van der Waals surface area contributed by atoms with Crippen LogP contribution in [0, 0.1) is 5.41 Å². The van der Waals surface area contributed by atoms with Gasteiger partial charge in [0.1, 0.15) is 0 Å². The minimum absolute atomic E-state index is 0.464. The maximum Gasteiger partial charge on any atom is 0.0474 e. The Balaban J connectivity index is 4.19. The van der Waals surface area contributed by atoms with E-state index in [1.54, 1.807) is 7.11 Å². The minimum atomic E-state index is 0.464. The molecule has 0 atom stereocenters. The van der Waals surface area contributed by atoms with Crippen LogP contribution in [0.5, 0.6) is 0 Å². The summed E-state index contributed by atoms with van der Waals surface area (Å²) in [6.45, 7) is 7.78. The van der Waals surface area contributed by atoms with Crippen LogP contribution in [-0.2, 0) is 4.74 Å². The van der Waals surface area contributed by atoms with Crippen molar-refractivity contribution in [1.29, 1.82) is 0 Å². The molecule has 0 unspecified atom stereocenters. The molecule has 0 aromatic carbocycles. The Hall–Kier alpha value is 0.400. The van der Waals surface area contributed by atoms with Crippen LogP contribution in [0.1, 0.15) is 46.0 Å². The lowest BCUT2D eigenvalue weighted by atomic mass is 9.81. The van der Waals surface area contributed by atoms with Crippen molar-refractivity contribution in [2.75, 3.05) is 39.2 Å². The Bertz CT molecular complexity index is 170. The molecule has 0 spiro atoms. The van der Waals surface area contributed by atoms with Gasteiger partial charge in [-0.3, -0.25) is 0 Å². The standard InChI is InChI=1S/C14H30BrNO/c1-5-8-14(12-15,9-6-2)13-16(3)10-7-11-17-4/h5-13H2,1-4H3. The van der Waals surface area contributed by atoms with E-state index in [1.165, 1.54) is 32.2 Å². The fourth-order valence-corrected chi connectivity index (χ4v) is 3.39. The molecular formula is C14H30BrNO. The zero-order chi connectivity index (χ0) is 13.1. The van der Waals surface area contributed by atoms with E-state index in [-0.39, 0.29) is 0 Å². The number of halogens is 1. The fourth-order valence-electron chi connectivity index (χ4n) is 2.65. The van der Waals surface area contributed by atoms with E-state index in [9.17, 15) is 0 Å². The molecule has 0 radical (unpaired) electrons. The molecule has 0 aliphatic rings.